The van der Waals surface area contributed by atoms with Gasteiger partial charge in [0.15, 0.2) is 5.82 Å². The molecule has 1 aromatic heterocycles. The highest BCUT2D eigenvalue weighted by molar-refractivity contribution is 7.98. The maximum absolute atomic E-state index is 5.59. The van der Waals surface area contributed by atoms with Gasteiger partial charge in [-0.2, -0.15) is 11.8 Å². The third-order valence-electron chi connectivity index (χ3n) is 3.27. The van der Waals surface area contributed by atoms with Gasteiger partial charge in [-0.1, -0.05) is 24.3 Å². The van der Waals surface area contributed by atoms with Crippen molar-refractivity contribution in [2.45, 2.75) is 18.1 Å². The van der Waals surface area contributed by atoms with E-state index in [0.29, 0.717) is 12.4 Å². The normalized spacial score (nSPS) is 13.3. The fourth-order valence-corrected chi connectivity index (χ4v) is 3.35. The van der Waals surface area contributed by atoms with Crippen molar-refractivity contribution in [3.63, 3.8) is 0 Å². The van der Waals surface area contributed by atoms with E-state index in [1.165, 1.54) is 0 Å². The Balaban J connectivity index is 2.11. The highest BCUT2D eigenvalue weighted by Gasteiger charge is 2.20. The summed E-state index contributed by atoms with van der Waals surface area (Å²) in [5.74, 6) is 8.84. The van der Waals surface area contributed by atoms with Gasteiger partial charge in [0, 0.05) is 29.7 Å². The monoisotopic (exact) mass is 288 g/mol. The molecule has 3 N–H and O–H groups in total. The van der Waals surface area contributed by atoms with Crippen LogP contribution < -0.4 is 11.3 Å². The SMILES string of the molecule is COCc1ccccc1-c1nc2c(c(NN)n1)CSC2. The first kappa shape index (κ1) is 13.4. The number of hydrazine groups is 1. The average molecular weight is 288 g/mol. The number of benzene rings is 1. The van der Waals surface area contributed by atoms with Crippen molar-refractivity contribution in [1.82, 2.24) is 9.97 Å². The minimum absolute atomic E-state index is 0.538. The Morgan fingerprint density at radius 2 is 2.15 bits per heavy atom. The summed E-state index contributed by atoms with van der Waals surface area (Å²) < 4.78 is 5.24. The van der Waals surface area contributed by atoms with Gasteiger partial charge in [0.25, 0.3) is 0 Å². The quantitative estimate of drug-likeness (QED) is 0.664. The summed E-state index contributed by atoms with van der Waals surface area (Å²) >= 11 is 1.83. The average Bonchev–Trinajstić information content (AvgIpc) is 2.95. The van der Waals surface area contributed by atoms with E-state index in [2.05, 4.69) is 10.4 Å². The van der Waals surface area contributed by atoms with Crippen LogP contribution in [0.4, 0.5) is 5.82 Å². The lowest BCUT2D eigenvalue weighted by molar-refractivity contribution is 0.185. The number of rotatable bonds is 4. The van der Waals surface area contributed by atoms with Crippen LogP contribution >= 0.6 is 11.8 Å². The zero-order valence-corrected chi connectivity index (χ0v) is 12.0. The van der Waals surface area contributed by atoms with Gasteiger partial charge in [-0.3, -0.25) is 0 Å². The Bertz CT molecular complexity index is 633. The van der Waals surface area contributed by atoms with Crippen molar-refractivity contribution < 1.29 is 4.74 Å². The van der Waals surface area contributed by atoms with E-state index >= 15 is 0 Å². The number of fused-ring (bicyclic) bond motifs is 1. The third kappa shape index (κ3) is 2.37. The predicted octanol–water partition coefficient (Wildman–Crippen LogP) is 2.32. The number of aromatic nitrogens is 2. The Morgan fingerprint density at radius 1 is 1.30 bits per heavy atom. The smallest absolute Gasteiger partial charge is 0.162 e. The maximum Gasteiger partial charge on any atom is 0.162 e. The van der Waals surface area contributed by atoms with E-state index in [1.807, 2.05) is 36.0 Å². The molecule has 0 spiro atoms. The van der Waals surface area contributed by atoms with Crippen LogP contribution in [0.3, 0.4) is 0 Å². The predicted molar refractivity (Wildman–Crippen MR) is 81.0 cm³/mol. The number of hydrogen-bond acceptors (Lipinski definition) is 6. The number of methoxy groups -OCH3 is 1. The van der Waals surface area contributed by atoms with Gasteiger partial charge in [0.1, 0.15) is 5.82 Å². The molecule has 0 atom stereocenters. The lowest BCUT2D eigenvalue weighted by Crippen LogP contribution is -2.13. The van der Waals surface area contributed by atoms with Gasteiger partial charge >= 0.3 is 0 Å². The largest absolute Gasteiger partial charge is 0.380 e. The number of ether oxygens (including phenoxy) is 1. The van der Waals surface area contributed by atoms with Crippen LogP contribution in [0.5, 0.6) is 0 Å². The zero-order chi connectivity index (χ0) is 13.9. The van der Waals surface area contributed by atoms with Crippen LogP contribution in [-0.4, -0.2) is 17.1 Å². The highest BCUT2D eigenvalue weighted by atomic mass is 32.2. The molecule has 0 saturated carbocycles. The molecular weight excluding hydrogens is 272 g/mol. The molecular formula is C14H16N4OS. The van der Waals surface area contributed by atoms with E-state index < -0.39 is 0 Å². The molecule has 2 aromatic rings. The molecule has 0 saturated heterocycles. The van der Waals surface area contributed by atoms with E-state index in [4.69, 9.17) is 15.6 Å². The number of nitrogen functional groups attached to an aromatic ring is 1. The standard InChI is InChI=1S/C14H16N4OS/c1-19-6-9-4-2-3-5-10(9)13-16-12-8-20-7-11(12)14(17-13)18-15/h2-5H,6-8,15H2,1H3,(H,16,17,18). The molecule has 1 aliphatic heterocycles. The molecule has 0 bridgehead atoms. The molecule has 0 fully saturated rings. The molecule has 6 heteroatoms. The first-order valence-electron chi connectivity index (χ1n) is 6.35. The van der Waals surface area contributed by atoms with E-state index in [-0.39, 0.29) is 0 Å². The van der Waals surface area contributed by atoms with Crippen LogP contribution in [-0.2, 0) is 22.8 Å². The second-order valence-electron chi connectivity index (χ2n) is 4.55. The second kappa shape index (κ2) is 5.78. The van der Waals surface area contributed by atoms with Crippen LogP contribution in [0, 0.1) is 0 Å². The molecule has 104 valence electrons. The van der Waals surface area contributed by atoms with Crippen molar-refractivity contribution in [3.8, 4) is 11.4 Å². The van der Waals surface area contributed by atoms with Gasteiger partial charge in [-0.15, -0.1) is 0 Å². The molecule has 1 aromatic carbocycles. The van der Waals surface area contributed by atoms with Gasteiger partial charge in [-0.25, -0.2) is 15.8 Å². The molecule has 2 heterocycles. The summed E-state index contributed by atoms with van der Waals surface area (Å²) in [6.45, 7) is 0.538. The first-order valence-corrected chi connectivity index (χ1v) is 7.50. The van der Waals surface area contributed by atoms with Gasteiger partial charge < -0.3 is 10.2 Å². The molecule has 0 amide bonds. The topological polar surface area (TPSA) is 73.1 Å². The molecule has 1 aliphatic rings. The van der Waals surface area contributed by atoms with Crippen LogP contribution in [0.15, 0.2) is 24.3 Å². The second-order valence-corrected chi connectivity index (χ2v) is 5.53. The van der Waals surface area contributed by atoms with Gasteiger partial charge in [-0.05, 0) is 5.56 Å². The lowest BCUT2D eigenvalue weighted by Gasteiger charge is -2.11. The Hall–Kier alpha value is -1.63. The van der Waals surface area contributed by atoms with E-state index in [0.717, 1.165) is 39.7 Å². The fourth-order valence-electron chi connectivity index (χ4n) is 2.31. The Kier molecular flexibility index (Phi) is 3.86. The summed E-state index contributed by atoms with van der Waals surface area (Å²) in [5.41, 5.74) is 6.94. The van der Waals surface area contributed by atoms with Crippen molar-refractivity contribution in [2.75, 3.05) is 12.5 Å². The van der Waals surface area contributed by atoms with Crippen LogP contribution in [0.2, 0.25) is 0 Å². The number of nitrogens with two attached hydrogens (primary N) is 1. The summed E-state index contributed by atoms with van der Waals surface area (Å²) in [7, 11) is 1.68. The molecule has 20 heavy (non-hydrogen) atoms. The molecule has 5 nitrogen and oxygen atoms in total. The number of nitrogens with zero attached hydrogens (tertiary/aromatic N) is 2. The number of anilines is 1. The minimum atomic E-state index is 0.538. The Morgan fingerprint density at radius 3 is 2.95 bits per heavy atom. The summed E-state index contributed by atoms with van der Waals surface area (Å²) in [6.07, 6.45) is 0. The van der Waals surface area contributed by atoms with Crippen LogP contribution in [0.25, 0.3) is 11.4 Å². The summed E-state index contributed by atoms with van der Waals surface area (Å²) in [6, 6.07) is 8.01. The highest BCUT2D eigenvalue weighted by Crippen LogP contribution is 2.34. The number of hydrogen-bond donors (Lipinski definition) is 2. The first-order chi connectivity index (χ1) is 9.83. The summed E-state index contributed by atoms with van der Waals surface area (Å²) in [4.78, 5) is 9.25. The number of thioether (sulfide) groups is 1. The molecule has 0 radical (unpaired) electrons. The van der Waals surface area contributed by atoms with Crippen LogP contribution in [0.1, 0.15) is 16.8 Å². The van der Waals surface area contributed by atoms with E-state index in [9.17, 15) is 0 Å². The van der Waals surface area contributed by atoms with Crippen molar-refractivity contribution >= 4 is 17.6 Å². The fraction of sp³-hybridized carbons (Fsp3) is 0.286. The maximum atomic E-state index is 5.59. The summed E-state index contributed by atoms with van der Waals surface area (Å²) in [5, 5.41) is 0. The zero-order valence-electron chi connectivity index (χ0n) is 11.2. The lowest BCUT2D eigenvalue weighted by atomic mass is 10.1. The molecule has 0 aliphatic carbocycles. The Labute approximate surface area is 121 Å². The van der Waals surface area contributed by atoms with Crippen molar-refractivity contribution in [3.05, 3.63) is 41.1 Å². The third-order valence-corrected chi connectivity index (χ3v) is 4.24. The minimum Gasteiger partial charge on any atom is -0.380 e. The van der Waals surface area contributed by atoms with Crippen molar-refractivity contribution in [1.29, 1.82) is 0 Å². The molecule has 0 unspecified atom stereocenters. The van der Waals surface area contributed by atoms with Gasteiger partial charge in [0.05, 0.1) is 12.3 Å². The molecule has 3 rings (SSSR count). The van der Waals surface area contributed by atoms with E-state index in [1.54, 1.807) is 7.11 Å². The van der Waals surface area contributed by atoms with Crippen molar-refractivity contribution in [2.24, 2.45) is 5.84 Å². The van der Waals surface area contributed by atoms with Gasteiger partial charge in [0.2, 0.25) is 0 Å². The number of nitrogens with one attached hydrogen (secondary N) is 1.